The molecule has 0 aliphatic rings. The van der Waals surface area contributed by atoms with Crippen molar-refractivity contribution in [3.8, 4) is 0 Å². The Balaban J connectivity index is 1.97. The zero-order valence-electron chi connectivity index (χ0n) is 11.3. The Labute approximate surface area is 120 Å². The summed E-state index contributed by atoms with van der Waals surface area (Å²) in [4.78, 5) is 8.22. The lowest BCUT2D eigenvalue weighted by Gasteiger charge is -2.14. The Morgan fingerprint density at radius 3 is 2.70 bits per heavy atom. The molecule has 0 spiro atoms. The summed E-state index contributed by atoms with van der Waals surface area (Å²) >= 11 is 5.89. The van der Waals surface area contributed by atoms with Gasteiger partial charge >= 0.3 is 0 Å². The average molecular weight is 292 g/mol. The molecular formula is C12H14ClN7. The van der Waals surface area contributed by atoms with Gasteiger partial charge in [0.25, 0.3) is 0 Å². The van der Waals surface area contributed by atoms with E-state index in [0.717, 1.165) is 11.1 Å². The molecule has 3 rings (SSSR count). The van der Waals surface area contributed by atoms with Crippen LogP contribution in [0.4, 0.5) is 11.6 Å². The van der Waals surface area contributed by atoms with Crippen molar-refractivity contribution in [2.24, 2.45) is 0 Å². The molecule has 3 N–H and O–H groups in total. The van der Waals surface area contributed by atoms with Crippen molar-refractivity contribution >= 4 is 34.3 Å². The van der Waals surface area contributed by atoms with E-state index in [0.29, 0.717) is 17.3 Å². The standard InChI is InChI=1S/C12H14ClN7/c1-12(2,3)7-4-8(19-18-7)15-9-6-5-14-20-10(6)17-11(13)16-9/h4-5H,1-3H3,(H3,14,15,16,17,18,19,20). The van der Waals surface area contributed by atoms with Gasteiger partial charge in [0.2, 0.25) is 5.28 Å². The Morgan fingerprint density at radius 2 is 2.00 bits per heavy atom. The van der Waals surface area contributed by atoms with Gasteiger partial charge in [-0.1, -0.05) is 20.8 Å². The quantitative estimate of drug-likeness (QED) is 0.631. The van der Waals surface area contributed by atoms with Crippen molar-refractivity contribution in [1.29, 1.82) is 0 Å². The highest BCUT2D eigenvalue weighted by Gasteiger charge is 2.17. The second-order valence-corrected chi connectivity index (χ2v) is 5.85. The van der Waals surface area contributed by atoms with E-state index in [1.807, 2.05) is 6.07 Å². The van der Waals surface area contributed by atoms with Gasteiger partial charge in [-0.2, -0.15) is 20.2 Å². The first-order valence-electron chi connectivity index (χ1n) is 6.13. The smallest absolute Gasteiger partial charge is 0.226 e. The molecule has 104 valence electrons. The second kappa shape index (κ2) is 4.45. The second-order valence-electron chi connectivity index (χ2n) is 5.52. The Bertz CT molecular complexity index is 753. The predicted molar refractivity (Wildman–Crippen MR) is 77.3 cm³/mol. The minimum Gasteiger partial charge on any atom is -0.323 e. The molecule has 0 aliphatic carbocycles. The van der Waals surface area contributed by atoms with Crippen LogP contribution in [0.3, 0.4) is 0 Å². The monoisotopic (exact) mass is 291 g/mol. The average Bonchev–Trinajstić information content (AvgIpc) is 2.95. The number of aromatic nitrogens is 6. The highest BCUT2D eigenvalue weighted by molar-refractivity contribution is 6.28. The number of fused-ring (bicyclic) bond motifs is 1. The van der Waals surface area contributed by atoms with E-state index < -0.39 is 0 Å². The van der Waals surface area contributed by atoms with Crippen molar-refractivity contribution < 1.29 is 0 Å². The van der Waals surface area contributed by atoms with Crippen molar-refractivity contribution in [2.45, 2.75) is 26.2 Å². The summed E-state index contributed by atoms with van der Waals surface area (Å²) in [7, 11) is 0. The van der Waals surface area contributed by atoms with Gasteiger partial charge in [-0.25, -0.2) is 0 Å². The highest BCUT2D eigenvalue weighted by Crippen LogP contribution is 2.26. The lowest BCUT2D eigenvalue weighted by atomic mass is 9.92. The lowest BCUT2D eigenvalue weighted by molar-refractivity contribution is 0.567. The number of anilines is 2. The van der Waals surface area contributed by atoms with E-state index in [1.165, 1.54) is 0 Å². The molecule has 0 fully saturated rings. The van der Waals surface area contributed by atoms with E-state index in [1.54, 1.807) is 6.20 Å². The maximum Gasteiger partial charge on any atom is 0.226 e. The Hall–Kier alpha value is -2.15. The molecule has 0 aromatic carbocycles. The van der Waals surface area contributed by atoms with Crippen LogP contribution in [0.15, 0.2) is 12.3 Å². The van der Waals surface area contributed by atoms with Crippen LogP contribution in [-0.2, 0) is 5.41 Å². The first-order chi connectivity index (χ1) is 9.43. The predicted octanol–water partition coefficient (Wildman–Crippen LogP) is 2.77. The number of halogens is 1. The van der Waals surface area contributed by atoms with Crippen LogP contribution in [0.2, 0.25) is 5.28 Å². The summed E-state index contributed by atoms with van der Waals surface area (Å²) in [5.74, 6) is 1.24. The molecular weight excluding hydrogens is 278 g/mol. The summed E-state index contributed by atoms with van der Waals surface area (Å²) < 4.78 is 0. The Morgan fingerprint density at radius 1 is 1.20 bits per heavy atom. The fraction of sp³-hybridized carbons (Fsp3) is 0.333. The molecule has 0 amide bonds. The van der Waals surface area contributed by atoms with Crippen LogP contribution in [0.1, 0.15) is 26.5 Å². The molecule has 8 heteroatoms. The summed E-state index contributed by atoms with van der Waals surface area (Å²) in [5.41, 5.74) is 1.61. The zero-order valence-corrected chi connectivity index (χ0v) is 12.1. The molecule has 0 saturated heterocycles. The van der Waals surface area contributed by atoms with Gasteiger partial charge in [0, 0.05) is 17.2 Å². The molecule has 0 aliphatic heterocycles. The molecule has 7 nitrogen and oxygen atoms in total. The summed E-state index contributed by atoms with van der Waals surface area (Å²) in [6.45, 7) is 6.33. The number of hydrogen-bond donors (Lipinski definition) is 3. The van der Waals surface area contributed by atoms with Gasteiger partial charge in [0.15, 0.2) is 11.5 Å². The fourth-order valence-corrected chi connectivity index (χ4v) is 1.96. The lowest BCUT2D eigenvalue weighted by Crippen LogP contribution is -2.11. The molecule has 20 heavy (non-hydrogen) atoms. The van der Waals surface area contributed by atoms with Crippen molar-refractivity contribution in [3.05, 3.63) is 23.2 Å². The third kappa shape index (κ3) is 2.32. The fourth-order valence-electron chi connectivity index (χ4n) is 1.79. The third-order valence-corrected chi connectivity index (χ3v) is 3.08. The highest BCUT2D eigenvalue weighted by atomic mass is 35.5. The summed E-state index contributed by atoms with van der Waals surface area (Å²) in [5, 5.41) is 18.0. The van der Waals surface area contributed by atoms with E-state index in [-0.39, 0.29) is 10.7 Å². The van der Waals surface area contributed by atoms with E-state index in [2.05, 4.69) is 56.5 Å². The first kappa shape index (κ1) is 12.9. The van der Waals surface area contributed by atoms with Gasteiger partial charge < -0.3 is 5.32 Å². The van der Waals surface area contributed by atoms with E-state index in [9.17, 15) is 0 Å². The van der Waals surface area contributed by atoms with Crippen LogP contribution in [0.5, 0.6) is 0 Å². The third-order valence-electron chi connectivity index (χ3n) is 2.91. The van der Waals surface area contributed by atoms with Crippen molar-refractivity contribution in [1.82, 2.24) is 30.4 Å². The van der Waals surface area contributed by atoms with E-state index in [4.69, 9.17) is 11.6 Å². The normalized spacial score (nSPS) is 12.0. The molecule has 3 heterocycles. The molecule has 3 aromatic rings. The molecule has 3 aromatic heterocycles. The number of H-pyrrole nitrogens is 2. The maximum absolute atomic E-state index is 5.89. The van der Waals surface area contributed by atoms with E-state index >= 15 is 0 Å². The molecule has 0 bridgehead atoms. The SMILES string of the molecule is CC(C)(C)c1cc(Nc2nc(Cl)nc3[nH]ncc23)n[nH]1. The molecule has 0 unspecified atom stereocenters. The van der Waals surface area contributed by atoms with Crippen LogP contribution in [-0.4, -0.2) is 30.4 Å². The van der Waals surface area contributed by atoms with Crippen LogP contribution in [0, 0.1) is 0 Å². The molecule has 0 atom stereocenters. The van der Waals surface area contributed by atoms with Gasteiger partial charge in [-0.3, -0.25) is 10.2 Å². The van der Waals surface area contributed by atoms with Gasteiger partial charge in [0.05, 0.1) is 11.6 Å². The van der Waals surface area contributed by atoms with Crippen LogP contribution in [0.25, 0.3) is 11.0 Å². The van der Waals surface area contributed by atoms with Gasteiger partial charge in [-0.05, 0) is 11.6 Å². The molecule has 0 saturated carbocycles. The van der Waals surface area contributed by atoms with Crippen molar-refractivity contribution in [3.63, 3.8) is 0 Å². The number of nitrogens with one attached hydrogen (secondary N) is 3. The Kier molecular flexibility index (Phi) is 2.86. The topological polar surface area (TPSA) is 95.2 Å². The number of hydrogen-bond acceptors (Lipinski definition) is 5. The minimum absolute atomic E-state index is 0.00120. The van der Waals surface area contributed by atoms with Crippen LogP contribution < -0.4 is 5.32 Å². The number of nitrogens with zero attached hydrogens (tertiary/aromatic N) is 4. The largest absolute Gasteiger partial charge is 0.323 e. The zero-order chi connectivity index (χ0) is 14.3. The number of rotatable bonds is 2. The van der Waals surface area contributed by atoms with Crippen LogP contribution >= 0.6 is 11.6 Å². The maximum atomic E-state index is 5.89. The number of aromatic amines is 2. The molecule has 0 radical (unpaired) electrons. The van der Waals surface area contributed by atoms with Gasteiger partial charge in [-0.15, -0.1) is 0 Å². The summed E-state index contributed by atoms with van der Waals surface area (Å²) in [6, 6.07) is 1.95. The van der Waals surface area contributed by atoms with Gasteiger partial charge in [0.1, 0.15) is 5.82 Å². The first-order valence-corrected chi connectivity index (χ1v) is 6.51. The minimum atomic E-state index is 0.00120. The summed E-state index contributed by atoms with van der Waals surface area (Å²) in [6.07, 6.45) is 1.64. The van der Waals surface area contributed by atoms with Crippen molar-refractivity contribution in [2.75, 3.05) is 5.32 Å².